The van der Waals surface area contributed by atoms with Crippen LogP contribution in [0.1, 0.15) is 43.0 Å². The van der Waals surface area contributed by atoms with Crippen molar-refractivity contribution in [2.45, 2.75) is 26.2 Å². The van der Waals surface area contributed by atoms with E-state index in [0.29, 0.717) is 27.9 Å². The summed E-state index contributed by atoms with van der Waals surface area (Å²) in [6.45, 7) is 3.89. The molecule has 6 aromatic rings. The van der Waals surface area contributed by atoms with Crippen molar-refractivity contribution in [3.8, 4) is 27.9 Å². The van der Waals surface area contributed by atoms with Crippen molar-refractivity contribution < 1.29 is 35.9 Å². The van der Waals surface area contributed by atoms with Crippen LogP contribution in [0.3, 0.4) is 0 Å². The second-order valence-corrected chi connectivity index (χ2v) is 11.7. The smallest absolute Gasteiger partial charge is 0.307 e. The van der Waals surface area contributed by atoms with Crippen molar-refractivity contribution in [3.05, 3.63) is 124 Å². The zero-order chi connectivity index (χ0) is 33.6. The molecule has 0 saturated heterocycles. The van der Waals surface area contributed by atoms with E-state index >= 15 is 0 Å². The molecule has 47 heavy (non-hydrogen) atoms. The lowest BCUT2D eigenvalue weighted by atomic mass is 9.94. The molecule has 0 bridgehead atoms. The molecule has 2 heterocycles. The highest BCUT2D eigenvalue weighted by molar-refractivity contribution is 6.24. The Hall–Kier alpha value is -5.38. The van der Waals surface area contributed by atoms with Crippen LogP contribution >= 0.6 is 0 Å². The Morgan fingerprint density at radius 3 is 1.74 bits per heavy atom. The summed E-state index contributed by atoms with van der Waals surface area (Å²) in [5.41, 5.74) is 1.46. The van der Waals surface area contributed by atoms with Gasteiger partial charge in [-0.2, -0.15) is 26.3 Å². The minimum atomic E-state index is -5.13. The maximum absolute atomic E-state index is 14.5. The summed E-state index contributed by atoms with van der Waals surface area (Å²) in [6.07, 6.45) is -10.1. The van der Waals surface area contributed by atoms with Crippen LogP contribution in [0.4, 0.5) is 26.3 Å². The minimum Gasteiger partial charge on any atom is -0.307 e. The van der Waals surface area contributed by atoms with Gasteiger partial charge in [0.05, 0.1) is 39.0 Å². The van der Waals surface area contributed by atoms with Gasteiger partial charge in [0, 0.05) is 28.9 Å². The van der Waals surface area contributed by atoms with Crippen LogP contribution < -0.4 is 0 Å². The number of alkyl halides is 6. The number of hydrogen-bond donors (Lipinski definition) is 0. The van der Waals surface area contributed by atoms with E-state index in [0.717, 1.165) is 27.7 Å². The standard InChI is InChI=1S/C37H24F6N2O2/c1-19-13-15-22(20(2)17-19)24-7-4-9-26-27-10-5-8-25(23-16-14-21(36(38,39)40)18-29(23)37(41,42)43)33(27)45(32(24)26)30-12-6-11-28-31(30)35(47)44(3)34(28)46/h4-18H,1-3H3. The van der Waals surface area contributed by atoms with Gasteiger partial charge >= 0.3 is 12.4 Å². The van der Waals surface area contributed by atoms with Crippen LogP contribution in [0.2, 0.25) is 0 Å². The molecule has 0 atom stereocenters. The molecule has 0 spiro atoms. The van der Waals surface area contributed by atoms with E-state index in [1.807, 2.05) is 50.2 Å². The Morgan fingerprint density at radius 2 is 1.15 bits per heavy atom. The van der Waals surface area contributed by atoms with E-state index in [9.17, 15) is 35.9 Å². The number of rotatable bonds is 3. The number of benzene rings is 5. The molecule has 236 valence electrons. The van der Waals surface area contributed by atoms with Gasteiger partial charge in [-0.1, -0.05) is 72.3 Å². The molecule has 2 amide bonds. The molecule has 0 aliphatic carbocycles. The molecule has 10 heteroatoms. The first-order chi connectivity index (χ1) is 22.2. The Morgan fingerprint density at radius 1 is 0.574 bits per heavy atom. The van der Waals surface area contributed by atoms with Gasteiger partial charge in [-0.3, -0.25) is 14.5 Å². The molecule has 0 radical (unpaired) electrons. The Bertz CT molecular complexity index is 2310. The number of hydrogen-bond acceptors (Lipinski definition) is 2. The van der Waals surface area contributed by atoms with Crippen LogP contribution in [0.15, 0.2) is 91.0 Å². The third-order valence-electron chi connectivity index (χ3n) is 8.76. The molecule has 7 rings (SSSR count). The first-order valence-electron chi connectivity index (χ1n) is 14.6. The number of para-hydroxylation sites is 2. The van der Waals surface area contributed by atoms with Crippen molar-refractivity contribution in [1.82, 2.24) is 9.47 Å². The lowest BCUT2D eigenvalue weighted by molar-refractivity contribution is -0.142. The lowest BCUT2D eigenvalue weighted by Gasteiger charge is -2.19. The zero-order valence-electron chi connectivity index (χ0n) is 25.1. The molecule has 1 aliphatic rings. The normalized spacial score (nSPS) is 13.7. The molecule has 0 N–H and O–H groups in total. The second kappa shape index (κ2) is 10.3. The summed E-state index contributed by atoms with van der Waals surface area (Å²) in [7, 11) is 1.35. The summed E-state index contributed by atoms with van der Waals surface area (Å²) >= 11 is 0. The fraction of sp³-hybridized carbons (Fsp3) is 0.135. The van der Waals surface area contributed by atoms with Gasteiger partial charge in [-0.25, -0.2) is 0 Å². The van der Waals surface area contributed by atoms with Crippen LogP contribution in [-0.2, 0) is 12.4 Å². The number of amides is 2. The van der Waals surface area contributed by atoms with Gasteiger partial charge in [0.15, 0.2) is 0 Å². The van der Waals surface area contributed by atoms with E-state index in [4.69, 9.17) is 0 Å². The summed E-state index contributed by atoms with van der Waals surface area (Å²) in [5, 5.41) is 1.15. The average molecular weight is 643 g/mol. The Kier molecular flexibility index (Phi) is 6.65. The quantitative estimate of drug-likeness (QED) is 0.142. The molecule has 5 aromatic carbocycles. The van der Waals surface area contributed by atoms with E-state index < -0.39 is 40.9 Å². The van der Waals surface area contributed by atoms with E-state index in [-0.39, 0.29) is 34.0 Å². The summed E-state index contributed by atoms with van der Waals surface area (Å²) < 4.78 is 86.2. The number of halogens is 6. The number of aromatic nitrogens is 1. The number of aryl methyl sites for hydroxylation is 2. The minimum absolute atomic E-state index is 0.00839. The second-order valence-electron chi connectivity index (χ2n) is 11.7. The average Bonchev–Trinajstić information content (AvgIpc) is 3.47. The lowest BCUT2D eigenvalue weighted by Crippen LogP contribution is -2.24. The highest BCUT2D eigenvalue weighted by Crippen LogP contribution is 2.47. The van der Waals surface area contributed by atoms with Crippen molar-refractivity contribution in [2.24, 2.45) is 0 Å². The topological polar surface area (TPSA) is 42.3 Å². The van der Waals surface area contributed by atoms with Gasteiger partial charge in [0.1, 0.15) is 0 Å². The van der Waals surface area contributed by atoms with E-state index in [2.05, 4.69) is 0 Å². The number of fused-ring (bicyclic) bond motifs is 4. The molecule has 1 aromatic heterocycles. The highest BCUT2D eigenvalue weighted by atomic mass is 19.4. The zero-order valence-corrected chi connectivity index (χ0v) is 25.1. The van der Waals surface area contributed by atoms with Crippen LogP contribution in [-0.4, -0.2) is 28.3 Å². The number of nitrogens with zero attached hydrogens (tertiary/aromatic N) is 2. The predicted molar refractivity (Wildman–Crippen MR) is 168 cm³/mol. The highest BCUT2D eigenvalue weighted by Gasteiger charge is 2.40. The van der Waals surface area contributed by atoms with Gasteiger partial charge in [0.2, 0.25) is 0 Å². The van der Waals surface area contributed by atoms with Gasteiger partial charge in [-0.15, -0.1) is 0 Å². The fourth-order valence-corrected chi connectivity index (χ4v) is 6.67. The van der Waals surface area contributed by atoms with Crippen molar-refractivity contribution in [3.63, 3.8) is 0 Å². The van der Waals surface area contributed by atoms with Gasteiger partial charge in [0.25, 0.3) is 11.8 Å². The Balaban J connectivity index is 1.69. The third kappa shape index (κ3) is 4.61. The summed E-state index contributed by atoms with van der Waals surface area (Å²) in [4.78, 5) is 27.6. The van der Waals surface area contributed by atoms with Crippen molar-refractivity contribution in [1.29, 1.82) is 0 Å². The summed E-state index contributed by atoms with van der Waals surface area (Å²) in [6, 6.07) is 22.4. The molecule has 1 aliphatic heterocycles. The van der Waals surface area contributed by atoms with Gasteiger partial charge in [-0.05, 0) is 54.8 Å². The number of carbonyl (C=O) groups excluding carboxylic acids is 2. The number of imide groups is 1. The molecule has 0 saturated carbocycles. The van der Waals surface area contributed by atoms with Crippen LogP contribution in [0.25, 0.3) is 49.7 Å². The first-order valence-corrected chi connectivity index (χ1v) is 14.6. The van der Waals surface area contributed by atoms with Crippen LogP contribution in [0, 0.1) is 13.8 Å². The molecular formula is C37H24F6N2O2. The monoisotopic (exact) mass is 642 g/mol. The Labute approximate surface area is 264 Å². The van der Waals surface area contributed by atoms with Gasteiger partial charge < -0.3 is 4.57 Å². The third-order valence-corrected chi connectivity index (χ3v) is 8.76. The SMILES string of the molecule is Cc1ccc(-c2cccc3c4cccc(-c5ccc(C(F)(F)F)cc5C(F)(F)F)c4n(-c4cccc5c4C(=O)N(C)C5=O)c23)c(C)c1. The number of carbonyl (C=O) groups is 2. The van der Waals surface area contributed by atoms with E-state index in [1.165, 1.54) is 19.2 Å². The van der Waals surface area contributed by atoms with Crippen molar-refractivity contribution >= 4 is 33.6 Å². The first kappa shape index (κ1) is 30.3. The van der Waals surface area contributed by atoms with E-state index in [1.54, 1.807) is 28.8 Å². The maximum atomic E-state index is 14.5. The van der Waals surface area contributed by atoms with Crippen molar-refractivity contribution in [2.75, 3.05) is 7.05 Å². The summed E-state index contributed by atoms with van der Waals surface area (Å²) in [5.74, 6) is -1.10. The molecule has 4 nitrogen and oxygen atoms in total. The fourth-order valence-electron chi connectivity index (χ4n) is 6.67. The molecular weight excluding hydrogens is 618 g/mol. The largest absolute Gasteiger partial charge is 0.417 e. The predicted octanol–water partition coefficient (Wildman–Crippen LogP) is 10.00. The maximum Gasteiger partial charge on any atom is 0.417 e. The molecule has 0 fully saturated rings. The molecule has 0 unspecified atom stereocenters. The van der Waals surface area contributed by atoms with Crippen LogP contribution in [0.5, 0.6) is 0 Å².